The van der Waals surface area contributed by atoms with E-state index in [2.05, 4.69) is 5.32 Å². The highest BCUT2D eigenvalue weighted by molar-refractivity contribution is 4.89. The van der Waals surface area contributed by atoms with Gasteiger partial charge < -0.3 is 10.1 Å². The summed E-state index contributed by atoms with van der Waals surface area (Å²) < 4.78 is 5.23. The van der Waals surface area contributed by atoms with Gasteiger partial charge in [-0.1, -0.05) is 6.42 Å². The van der Waals surface area contributed by atoms with E-state index in [0.717, 1.165) is 13.2 Å². The highest BCUT2D eigenvalue weighted by Crippen LogP contribution is 2.33. The summed E-state index contributed by atoms with van der Waals surface area (Å²) in [7, 11) is 0. The zero-order chi connectivity index (χ0) is 6.86. The first-order valence-corrected chi connectivity index (χ1v) is 4.20. The lowest BCUT2D eigenvalue weighted by molar-refractivity contribution is -0.113. The first-order valence-electron chi connectivity index (χ1n) is 4.20. The third-order valence-electron chi connectivity index (χ3n) is 2.63. The van der Waals surface area contributed by atoms with Gasteiger partial charge in [0.25, 0.3) is 0 Å². The smallest absolute Gasteiger partial charge is 0.0557 e. The lowest BCUT2D eigenvalue weighted by Gasteiger charge is -2.40. The van der Waals surface area contributed by atoms with Crippen molar-refractivity contribution in [3.63, 3.8) is 0 Å². The lowest BCUT2D eigenvalue weighted by Crippen LogP contribution is -2.48. The van der Waals surface area contributed by atoms with Crippen LogP contribution >= 0.6 is 0 Å². The lowest BCUT2D eigenvalue weighted by atomic mass is 9.82. The zero-order valence-electron chi connectivity index (χ0n) is 6.36. The SMILES string of the molecule is C1CCC2(CNC1)COC2. The molecule has 0 atom stereocenters. The maximum absolute atomic E-state index is 5.23. The van der Waals surface area contributed by atoms with Gasteiger partial charge in [-0.15, -0.1) is 0 Å². The number of rotatable bonds is 0. The number of hydrogen-bond donors (Lipinski definition) is 1. The standard InChI is InChI=1S/C8H15NO/c1-2-4-9-5-8(3-1)6-10-7-8/h9H,1-7H2. The monoisotopic (exact) mass is 141 g/mol. The molecule has 58 valence electrons. The molecule has 0 unspecified atom stereocenters. The van der Waals surface area contributed by atoms with E-state index in [1.807, 2.05) is 0 Å². The summed E-state index contributed by atoms with van der Waals surface area (Å²) in [5.41, 5.74) is 0.552. The quantitative estimate of drug-likeness (QED) is 0.538. The molecule has 0 aliphatic carbocycles. The Morgan fingerprint density at radius 2 is 2.10 bits per heavy atom. The molecular formula is C8H15NO. The van der Waals surface area contributed by atoms with Crippen LogP contribution in [0.2, 0.25) is 0 Å². The molecule has 0 amide bonds. The van der Waals surface area contributed by atoms with Gasteiger partial charge in [-0.2, -0.15) is 0 Å². The third kappa shape index (κ3) is 1.06. The van der Waals surface area contributed by atoms with Crippen LogP contribution < -0.4 is 5.32 Å². The van der Waals surface area contributed by atoms with Crippen LogP contribution in [0, 0.1) is 5.41 Å². The van der Waals surface area contributed by atoms with Gasteiger partial charge in [0.2, 0.25) is 0 Å². The van der Waals surface area contributed by atoms with Gasteiger partial charge in [0.15, 0.2) is 0 Å². The molecule has 0 radical (unpaired) electrons. The summed E-state index contributed by atoms with van der Waals surface area (Å²) in [6.07, 6.45) is 4.11. The van der Waals surface area contributed by atoms with Crippen molar-refractivity contribution in [2.24, 2.45) is 5.41 Å². The van der Waals surface area contributed by atoms with Gasteiger partial charge >= 0.3 is 0 Å². The molecule has 2 nitrogen and oxygen atoms in total. The molecule has 0 aromatic carbocycles. The molecule has 2 fully saturated rings. The maximum atomic E-state index is 5.23. The van der Waals surface area contributed by atoms with Crippen molar-refractivity contribution >= 4 is 0 Å². The van der Waals surface area contributed by atoms with Gasteiger partial charge in [0.1, 0.15) is 0 Å². The highest BCUT2D eigenvalue weighted by Gasteiger charge is 2.38. The fraction of sp³-hybridized carbons (Fsp3) is 1.00. The van der Waals surface area contributed by atoms with E-state index in [9.17, 15) is 0 Å². The van der Waals surface area contributed by atoms with Crippen LogP contribution in [0.5, 0.6) is 0 Å². The van der Waals surface area contributed by atoms with Crippen molar-refractivity contribution in [1.82, 2.24) is 5.32 Å². The van der Waals surface area contributed by atoms with E-state index in [4.69, 9.17) is 4.74 Å². The molecule has 1 N–H and O–H groups in total. The van der Waals surface area contributed by atoms with E-state index in [0.29, 0.717) is 5.41 Å². The zero-order valence-corrected chi connectivity index (χ0v) is 6.36. The minimum Gasteiger partial charge on any atom is -0.380 e. The molecule has 0 saturated carbocycles. The van der Waals surface area contributed by atoms with Crippen LogP contribution in [-0.2, 0) is 4.74 Å². The maximum Gasteiger partial charge on any atom is 0.0557 e. The number of ether oxygens (including phenoxy) is 1. The Kier molecular flexibility index (Phi) is 1.66. The molecule has 10 heavy (non-hydrogen) atoms. The molecule has 0 aromatic heterocycles. The Bertz CT molecular complexity index is 110. The number of nitrogens with one attached hydrogen (secondary N) is 1. The van der Waals surface area contributed by atoms with Crippen molar-refractivity contribution in [3.8, 4) is 0 Å². The second-order valence-corrected chi connectivity index (χ2v) is 3.63. The molecule has 0 bridgehead atoms. The second-order valence-electron chi connectivity index (χ2n) is 3.63. The fourth-order valence-corrected chi connectivity index (χ4v) is 1.83. The summed E-state index contributed by atoms with van der Waals surface area (Å²) in [6, 6.07) is 0. The molecule has 2 aliphatic heterocycles. The summed E-state index contributed by atoms with van der Waals surface area (Å²) in [4.78, 5) is 0. The molecule has 1 spiro atoms. The fourth-order valence-electron chi connectivity index (χ4n) is 1.83. The predicted octanol–water partition coefficient (Wildman–Crippen LogP) is 0.776. The van der Waals surface area contributed by atoms with Crippen LogP contribution in [0.3, 0.4) is 0 Å². The van der Waals surface area contributed by atoms with E-state index in [1.165, 1.54) is 32.4 Å². The summed E-state index contributed by atoms with van der Waals surface area (Å²) in [6.45, 7) is 4.40. The Hall–Kier alpha value is -0.0800. The first-order chi connectivity index (χ1) is 4.91. The van der Waals surface area contributed by atoms with Crippen LogP contribution in [0.25, 0.3) is 0 Å². The first kappa shape index (κ1) is 6.62. The van der Waals surface area contributed by atoms with Crippen molar-refractivity contribution in [2.75, 3.05) is 26.3 Å². The van der Waals surface area contributed by atoms with Crippen LogP contribution in [0.15, 0.2) is 0 Å². The average Bonchev–Trinajstić information content (AvgIpc) is 2.08. The Labute approximate surface area is 61.9 Å². The van der Waals surface area contributed by atoms with Gasteiger partial charge in [0, 0.05) is 12.0 Å². The number of hydrogen-bond acceptors (Lipinski definition) is 2. The third-order valence-corrected chi connectivity index (χ3v) is 2.63. The van der Waals surface area contributed by atoms with Gasteiger partial charge in [0.05, 0.1) is 13.2 Å². The van der Waals surface area contributed by atoms with Crippen LogP contribution in [-0.4, -0.2) is 26.3 Å². The Morgan fingerprint density at radius 1 is 1.20 bits per heavy atom. The van der Waals surface area contributed by atoms with Crippen molar-refractivity contribution in [3.05, 3.63) is 0 Å². The largest absolute Gasteiger partial charge is 0.380 e. The second kappa shape index (κ2) is 2.51. The summed E-state index contributed by atoms with van der Waals surface area (Å²) in [5.74, 6) is 0. The minimum absolute atomic E-state index is 0.552. The topological polar surface area (TPSA) is 21.3 Å². The van der Waals surface area contributed by atoms with Crippen molar-refractivity contribution in [1.29, 1.82) is 0 Å². The predicted molar refractivity (Wildman–Crippen MR) is 40.0 cm³/mol. The van der Waals surface area contributed by atoms with E-state index in [1.54, 1.807) is 0 Å². The van der Waals surface area contributed by atoms with E-state index < -0.39 is 0 Å². The van der Waals surface area contributed by atoms with Crippen molar-refractivity contribution in [2.45, 2.75) is 19.3 Å². The van der Waals surface area contributed by atoms with Gasteiger partial charge in [-0.25, -0.2) is 0 Å². The van der Waals surface area contributed by atoms with E-state index in [-0.39, 0.29) is 0 Å². The van der Waals surface area contributed by atoms with Crippen LogP contribution in [0.1, 0.15) is 19.3 Å². The Morgan fingerprint density at radius 3 is 2.80 bits per heavy atom. The van der Waals surface area contributed by atoms with Crippen molar-refractivity contribution < 1.29 is 4.74 Å². The molecule has 2 rings (SSSR count). The normalized spacial score (nSPS) is 31.2. The van der Waals surface area contributed by atoms with E-state index >= 15 is 0 Å². The molecule has 2 heteroatoms. The minimum atomic E-state index is 0.552. The molecule has 2 heterocycles. The van der Waals surface area contributed by atoms with Gasteiger partial charge in [-0.3, -0.25) is 0 Å². The molecule has 2 aliphatic rings. The molecule has 2 saturated heterocycles. The summed E-state index contributed by atoms with van der Waals surface area (Å²) in [5, 5.41) is 3.46. The highest BCUT2D eigenvalue weighted by atomic mass is 16.5. The molecular weight excluding hydrogens is 126 g/mol. The average molecular weight is 141 g/mol. The Balaban J connectivity index is 1.92. The summed E-state index contributed by atoms with van der Waals surface area (Å²) >= 11 is 0. The molecule has 0 aromatic rings. The van der Waals surface area contributed by atoms with Gasteiger partial charge in [-0.05, 0) is 19.4 Å². The van der Waals surface area contributed by atoms with Crippen LogP contribution in [0.4, 0.5) is 0 Å².